The zero-order valence-electron chi connectivity index (χ0n) is 20.6. The number of anilines is 2. The first-order valence-electron chi connectivity index (χ1n) is 12.3. The van der Waals surface area contributed by atoms with E-state index in [2.05, 4.69) is 127 Å². The van der Waals surface area contributed by atoms with Crippen LogP contribution in [0, 0.1) is 0 Å². The Bertz CT molecular complexity index is 1550. The van der Waals surface area contributed by atoms with Crippen LogP contribution in [-0.4, -0.2) is 0 Å². The van der Waals surface area contributed by atoms with E-state index in [-0.39, 0.29) is 0 Å². The number of thiophene rings is 1. The maximum absolute atomic E-state index is 3.68. The maximum Gasteiger partial charge on any atom is 0.0396 e. The summed E-state index contributed by atoms with van der Waals surface area (Å²) in [5.41, 5.74) is 7.03. The third-order valence-corrected chi connectivity index (χ3v) is 7.30. The molecule has 0 unspecified atom stereocenters. The first kappa shape index (κ1) is 23.6. The van der Waals surface area contributed by atoms with E-state index in [0.717, 1.165) is 11.4 Å². The third kappa shape index (κ3) is 5.25. The predicted octanol–water partition coefficient (Wildman–Crippen LogP) is 10.7. The third-order valence-electron chi connectivity index (χ3n) is 6.15. The highest BCUT2D eigenvalue weighted by molar-refractivity contribution is 7.25. The van der Waals surface area contributed by atoms with Crippen molar-refractivity contribution >= 4 is 42.9 Å². The first-order chi connectivity index (χ1) is 17.7. The lowest BCUT2D eigenvalue weighted by Crippen LogP contribution is -1.92. The van der Waals surface area contributed by atoms with Crippen molar-refractivity contribution in [1.29, 1.82) is 0 Å². The van der Waals surface area contributed by atoms with Gasteiger partial charge in [0.25, 0.3) is 0 Å². The van der Waals surface area contributed by atoms with Crippen molar-refractivity contribution in [2.24, 2.45) is 0 Å². The van der Waals surface area contributed by atoms with Crippen molar-refractivity contribution in [2.45, 2.75) is 13.8 Å². The molecule has 36 heavy (non-hydrogen) atoms. The van der Waals surface area contributed by atoms with Crippen LogP contribution < -0.4 is 5.32 Å². The molecule has 6 aromatic rings. The van der Waals surface area contributed by atoms with E-state index in [0.29, 0.717) is 0 Å². The van der Waals surface area contributed by atoms with E-state index in [1.165, 1.54) is 42.4 Å². The Morgan fingerprint density at radius 3 is 1.64 bits per heavy atom. The minimum absolute atomic E-state index is 1.09. The van der Waals surface area contributed by atoms with E-state index in [4.69, 9.17) is 0 Å². The lowest BCUT2D eigenvalue weighted by atomic mass is 9.98. The van der Waals surface area contributed by atoms with E-state index in [1.54, 1.807) is 0 Å². The summed E-state index contributed by atoms with van der Waals surface area (Å²) in [7, 11) is 0. The van der Waals surface area contributed by atoms with Crippen LogP contribution in [0.4, 0.5) is 11.4 Å². The summed E-state index contributed by atoms with van der Waals surface area (Å²) in [6.45, 7) is 4.00. The van der Waals surface area contributed by atoms with E-state index < -0.39 is 0 Å². The fourth-order valence-corrected chi connectivity index (χ4v) is 5.35. The molecule has 0 aliphatic rings. The second-order valence-electron chi connectivity index (χ2n) is 8.63. The van der Waals surface area contributed by atoms with Crippen LogP contribution in [0.5, 0.6) is 0 Å². The molecule has 1 N–H and O–H groups in total. The number of allylic oxidation sites excluding steroid dienone is 2. The first-order valence-corrected chi connectivity index (χ1v) is 13.1. The van der Waals surface area contributed by atoms with Crippen LogP contribution in [0.2, 0.25) is 0 Å². The summed E-state index contributed by atoms with van der Waals surface area (Å²) in [4.78, 5) is 0. The van der Waals surface area contributed by atoms with Gasteiger partial charge in [0.15, 0.2) is 0 Å². The number of benzene rings is 5. The second-order valence-corrected chi connectivity index (χ2v) is 9.72. The lowest BCUT2D eigenvalue weighted by molar-refractivity contribution is 1.54. The molecule has 6 rings (SSSR count). The van der Waals surface area contributed by atoms with Crippen LogP contribution >= 0.6 is 11.3 Å². The van der Waals surface area contributed by atoms with E-state index >= 15 is 0 Å². The number of fused-ring (bicyclic) bond motifs is 3. The van der Waals surface area contributed by atoms with E-state index in [1.807, 2.05) is 37.3 Å². The van der Waals surface area contributed by atoms with E-state index in [9.17, 15) is 0 Å². The van der Waals surface area contributed by atoms with Crippen molar-refractivity contribution in [2.75, 3.05) is 5.32 Å². The van der Waals surface area contributed by atoms with Crippen LogP contribution in [-0.2, 0) is 0 Å². The Morgan fingerprint density at radius 1 is 0.472 bits per heavy atom. The Balaban J connectivity index is 0.000000623. The largest absolute Gasteiger partial charge is 0.355 e. The summed E-state index contributed by atoms with van der Waals surface area (Å²) < 4.78 is 2.65. The zero-order valence-corrected chi connectivity index (χ0v) is 21.4. The molecule has 1 nitrogen and oxygen atoms in total. The van der Waals surface area contributed by atoms with Crippen molar-refractivity contribution in [3.8, 4) is 22.3 Å². The normalized spacial score (nSPS) is 10.9. The Labute approximate surface area is 217 Å². The minimum Gasteiger partial charge on any atom is -0.355 e. The second kappa shape index (κ2) is 11.1. The molecule has 2 heteroatoms. The summed E-state index contributed by atoms with van der Waals surface area (Å²) in [5, 5.41) is 6.30. The van der Waals surface area contributed by atoms with Gasteiger partial charge in [-0.3, -0.25) is 0 Å². The highest BCUT2D eigenvalue weighted by Crippen LogP contribution is 2.37. The van der Waals surface area contributed by atoms with Crippen molar-refractivity contribution in [3.05, 3.63) is 133 Å². The maximum atomic E-state index is 3.68. The van der Waals surface area contributed by atoms with Gasteiger partial charge in [0.05, 0.1) is 0 Å². The van der Waals surface area contributed by atoms with Gasteiger partial charge in [0, 0.05) is 31.5 Å². The molecule has 0 fully saturated rings. The minimum atomic E-state index is 1.09. The van der Waals surface area contributed by atoms with Crippen molar-refractivity contribution in [1.82, 2.24) is 0 Å². The molecule has 0 radical (unpaired) electrons. The molecule has 0 atom stereocenters. The van der Waals surface area contributed by atoms with Gasteiger partial charge in [-0.1, -0.05) is 91.0 Å². The molecule has 5 aromatic carbocycles. The Hall–Kier alpha value is -4.14. The molecular formula is C34H29NS. The zero-order chi connectivity index (χ0) is 24.7. The molecule has 0 saturated heterocycles. The van der Waals surface area contributed by atoms with Gasteiger partial charge in [0.1, 0.15) is 0 Å². The highest BCUT2D eigenvalue weighted by Gasteiger charge is 2.08. The molecule has 0 aliphatic carbocycles. The smallest absolute Gasteiger partial charge is 0.0396 e. The van der Waals surface area contributed by atoms with Gasteiger partial charge >= 0.3 is 0 Å². The average Bonchev–Trinajstić information content (AvgIpc) is 3.32. The van der Waals surface area contributed by atoms with Gasteiger partial charge in [-0.15, -0.1) is 11.3 Å². The summed E-state index contributed by atoms with van der Waals surface area (Å²) in [6.07, 6.45) is 4.00. The van der Waals surface area contributed by atoms with Crippen LogP contribution in [0.1, 0.15) is 13.8 Å². The van der Waals surface area contributed by atoms with Crippen LogP contribution in [0.25, 0.3) is 42.4 Å². The standard InChI is InChI=1S/C30H21NS.C4H8/c1-3-9-21(10-4-1)23-17-24(22-11-5-2-6-12-22)19-26(18-23)31-25-15-16-30-28(20-25)27-13-7-8-14-29(27)32-30;1-3-4-2/h1-20,31H;3-4H,1-2H3/b;4-3-. The van der Waals surface area contributed by atoms with Gasteiger partial charge in [-0.05, 0) is 78.6 Å². The molecular weight excluding hydrogens is 454 g/mol. The molecule has 1 aromatic heterocycles. The molecule has 0 bridgehead atoms. The summed E-state index contributed by atoms with van der Waals surface area (Å²) in [6, 6.07) is 43.2. The van der Waals surface area contributed by atoms with Gasteiger partial charge in [-0.2, -0.15) is 0 Å². The average molecular weight is 484 g/mol. The summed E-state index contributed by atoms with van der Waals surface area (Å²) in [5.74, 6) is 0. The van der Waals surface area contributed by atoms with Crippen LogP contribution in [0.3, 0.4) is 0 Å². The Kier molecular flexibility index (Phi) is 7.25. The molecule has 0 aliphatic heterocycles. The van der Waals surface area contributed by atoms with Gasteiger partial charge in [-0.25, -0.2) is 0 Å². The number of hydrogen-bond acceptors (Lipinski definition) is 2. The quantitative estimate of drug-likeness (QED) is 0.246. The fourth-order valence-electron chi connectivity index (χ4n) is 4.26. The monoisotopic (exact) mass is 483 g/mol. The number of rotatable bonds is 4. The molecule has 1 heterocycles. The highest BCUT2D eigenvalue weighted by atomic mass is 32.1. The van der Waals surface area contributed by atoms with Crippen molar-refractivity contribution < 1.29 is 0 Å². The molecule has 0 spiro atoms. The van der Waals surface area contributed by atoms with Crippen molar-refractivity contribution in [3.63, 3.8) is 0 Å². The Morgan fingerprint density at radius 2 is 1.03 bits per heavy atom. The SMILES string of the molecule is C/C=C\C.c1ccc(-c2cc(Nc3ccc4sc5ccccc5c4c3)cc(-c3ccccc3)c2)cc1. The molecule has 176 valence electrons. The molecule has 0 amide bonds. The van der Waals surface area contributed by atoms with Crippen LogP contribution in [0.15, 0.2) is 133 Å². The number of nitrogens with one attached hydrogen (secondary N) is 1. The predicted molar refractivity (Wildman–Crippen MR) is 160 cm³/mol. The molecule has 0 saturated carbocycles. The van der Waals surface area contributed by atoms with Gasteiger partial charge < -0.3 is 5.32 Å². The topological polar surface area (TPSA) is 12.0 Å². The fraction of sp³-hybridized carbons (Fsp3) is 0.0588. The number of hydrogen-bond donors (Lipinski definition) is 1. The summed E-state index contributed by atoms with van der Waals surface area (Å²) >= 11 is 1.85. The lowest BCUT2D eigenvalue weighted by Gasteiger charge is -2.13. The van der Waals surface area contributed by atoms with Gasteiger partial charge in [0.2, 0.25) is 0 Å².